The highest BCUT2D eigenvalue weighted by molar-refractivity contribution is 7.14. The molecule has 0 bridgehead atoms. The molecule has 0 fully saturated rings. The Morgan fingerprint density at radius 3 is 2.68 bits per heavy atom. The standard InChI is InChI=1S/C17H14FN3S/c1-12-6-8-13(9-7-12)16-11-22-17(20-16)21-19-10-14-4-2-3-5-15(14)18/h2-11H,1H3,(H,20,21)/b19-10+. The van der Waals surface area contributed by atoms with Crippen molar-refractivity contribution in [3.63, 3.8) is 0 Å². The van der Waals surface area contributed by atoms with E-state index in [9.17, 15) is 4.39 Å². The molecular formula is C17H14FN3S. The van der Waals surface area contributed by atoms with Crippen LogP contribution in [0.2, 0.25) is 0 Å². The molecule has 0 saturated carbocycles. The maximum absolute atomic E-state index is 13.4. The molecule has 1 heterocycles. The summed E-state index contributed by atoms with van der Waals surface area (Å²) >= 11 is 1.46. The SMILES string of the molecule is Cc1ccc(-c2csc(N/N=C/c3ccccc3F)n2)cc1. The van der Waals surface area contributed by atoms with E-state index in [4.69, 9.17) is 0 Å². The van der Waals surface area contributed by atoms with Crippen LogP contribution in [0.4, 0.5) is 9.52 Å². The third kappa shape index (κ3) is 3.38. The van der Waals surface area contributed by atoms with Crippen molar-refractivity contribution in [1.82, 2.24) is 4.98 Å². The predicted molar refractivity (Wildman–Crippen MR) is 89.9 cm³/mol. The second-order valence-electron chi connectivity index (χ2n) is 4.80. The molecule has 0 spiro atoms. The summed E-state index contributed by atoms with van der Waals surface area (Å²) in [5.74, 6) is -0.299. The van der Waals surface area contributed by atoms with E-state index in [1.807, 2.05) is 17.5 Å². The minimum absolute atomic E-state index is 0.299. The van der Waals surface area contributed by atoms with Crippen LogP contribution in [0.25, 0.3) is 11.3 Å². The van der Waals surface area contributed by atoms with Crippen molar-refractivity contribution in [3.05, 3.63) is 70.9 Å². The van der Waals surface area contributed by atoms with Crippen molar-refractivity contribution in [1.29, 1.82) is 0 Å². The van der Waals surface area contributed by atoms with Gasteiger partial charge < -0.3 is 0 Å². The number of anilines is 1. The van der Waals surface area contributed by atoms with Crippen LogP contribution in [0.15, 0.2) is 59.0 Å². The summed E-state index contributed by atoms with van der Waals surface area (Å²) in [5, 5.41) is 6.66. The van der Waals surface area contributed by atoms with E-state index in [0.29, 0.717) is 10.7 Å². The molecular weight excluding hydrogens is 297 g/mol. The van der Waals surface area contributed by atoms with Crippen molar-refractivity contribution in [2.45, 2.75) is 6.92 Å². The molecule has 5 heteroatoms. The Bertz CT molecular complexity index is 794. The average molecular weight is 311 g/mol. The van der Waals surface area contributed by atoms with E-state index in [-0.39, 0.29) is 5.82 Å². The molecule has 1 aromatic heterocycles. The lowest BCUT2D eigenvalue weighted by molar-refractivity contribution is 0.626. The molecule has 110 valence electrons. The first-order chi connectivity index (χ1) is 10.7. The number of thiazole rings is 1. The van der Waals surface area contributed by atoms with Crippen LogP contribution in [0.1, 0.15) is 11.1 Å². The van der Waals surface area contributed by atoms with Crippen LogP contribution in [0.3, 0.4) is 0 Å². The molecule has 0 unspecified atom stereocenters. The Labute approximate surface area is 132 Å². The van der Waals surface area contributed by atoms with Crippen molar-refractivity contribution in [3.8, 4) is 11.3 Å². The number of nitrogens with one attached hydrogen (secondary N) is 1. The topological polar surface area (TPSA) is 37.3 Å². The van der Waals surface area contributed by atoms with Gasteiger partial charge in [0, 0.05) is 16.5 Å². The fourth-order valence-electron chi connectivity index (χ4n) is 1.92. The number of benzene rings is 2. The summed E-state index contributed by atoms with van der Waals surface area (Å²) in [7, 11) is 0. The predicted octanol–water partition coefficient (Wildman–Crippen LogP) is 4.70. The summed E-state index contributed by atoms with van der Waals surface area (Å²) in [5.41, 5.74) is 6.44. The Morgan fingerprint density at radius 1 is 1.14 bits per heavy atom. The number of hydrogen-bond acceptors (Lipinski definition) is 4. The molecule has 0 saturated heterocycles. The smallest absolute Gasteiger partial charge is 0.203 e. The Kier molecular flexibility index (Phi) is 4.25. The van der Waals surface area contributed by atoms with Crippen molar-refractivity contribution < 1.29 is 4.39 Å². The third-order valence-corrected chi connectivity index (χ3v) is 3.87. The molecule has 0 aliphatic carbocycles. The van der Waals surface area contributed by atoms with Gasteiger partial charge in [-0.2, -0.15) is 5.10 Å². The monoisotopic (exact) mass is 311 g/mol. The lowest BCUT2D eigenvalue weighted by Crippen LogP contribution is -1.92. The number of aromatic nitrogens is 1. The van der Waals surface area contributed by atoms with E-state index in [1.54, 1.807) is 18.2 Å². The van der Waals surface area contributed by atoms with Crippen molar-refractivity contribution in [2.24, 2.45) is 5.10 Å². The molecule has 0 aliphatic rings. The first-order valence-electron chi connectivity index (χ1n) is 6.78. The second-order valence-corrected chi connectivity index (χ2v) is 5.65. The highest BCUT2D eigenvalue weighted by Crippen LogP contribution is 2.25. The lowest BCUT2D eigenvalue weighted by atomic mass is 10.1. The summed E-state index contributed by atoms with van der Waals surface area (Å²) in [4.78, 5) is 4.46. The normalized spacial score (nSPS) is 11.0. The second kappa shape index (κ2) is 6.49. The maximum Gasteiger partial charge on any atom is 0.203 e. The zero-order chi connectivity index (χ0) is 15.4. The fraction of sp³-hybridized carbons (Fsp3) is 0.0588. The van der Waals surface area contributed by atoms with Gasteiger partial charge in [0.05, 0.1) is 11.9 Å². The number of aryl methyl sites for hydroxylation is 1. The summed E-state index contributed by atoms with van der Waals surface area (Å²) in [6.45, 7) is 2.05. The molecule has 2 aromatic carbocycles. The van der Waals surface area contributed by atoms with Gasteiger partial charge in [-0.3, -0.25) is 5.43 Å². The molecule has 22 heavy (non-hydrogen) atoms. The molecule has 0 aliphatic heterocycles. The zero-order valence-electron chi connectivity index (χ0n) is 12.0. The zero-order valence-corrected chi connectivity index (χ0v) is 12.8. The Morgan fingerprint density at radius 2 is 1.91 bits per heavy atom. The minimum atomic E-state index is -0.299. The van der Waals surface area contributed by atoms with Crippen LogP contribution in [0, 0.1) is 12.7 Å². The van der Waals surface area contributed by atoms with Gasteiger partial charge in [-0.05, 0) is 13.0 Å². The van der Waals surface area contributed by atoms with Crippen molar-refractivity contribution >= 4 is 22.7 Å². The van der Waals surface area contributed by atoms with Crippen LogP contribution in [-0.4, -0.2) is 11.2 Å². The first-order valence-corrected chi connectivity index (χ1v) is 7.66. The van der Waals surface area contributed by atoms with Crippen LogP contribution in [0.5, 0.6) is 0 Å². The average Bonchev–Trinajstić information content (AvgIpc) is 2.99. The Balaban J connectivity index is 1.70. The quantitative estimate of drug-likeness (QED) is 0.560. The molecule has 3 nitrogen and oxygen atoms in total. The van der Waals surface area contributed by atoms with Crippen LogP contribution in [-0.2, 0) is 0 Å². The van der Waals surface area contributed by atoms with Gasteiger partial charge in [-0.15, -0.1) is 11.3 Å². The van der Waals surface area contributed by atoms with Gasteiger partial charge in [0.15, 0.2) is 0 Å². The van der Waals surface area contributed by atoms with Crippen molar-refractivity contribution in [2.75, 3.05) is 5.43 Å². The lowest BCUT2D eigenvalue weighted by Gasteiger charge is -1.97. The maximum atomic E-state index is 13.4. The van der Waals surface area contributed by atoms with Gasteiger partial charge in [-0.25, -0.2) is 9.37 Å². The summed E-state index contributed by atoms with van der Waals surface area (Å²) in [6.07, 6.45) is 1.45. The highest BCUT2D eigenvalue weighted by Gasteiger charge is 2.03. The van der Waals surface area contributed by atoms with Gasteiger partial charge in [-0.1, -0.05) is 48.0 Å². The minimum Gasteiger partial charge on any atom is -0.253 e. The van der Waals surface area contributed by atoms with E-state index in [0.717, 1.165) is 11.3 Å². The Hall–Kier alpha value is -2.53. The molecule has 1 N–H and O–H groups in total. The highest BCUT2D eigenvalue weighted by atomic mass is 32.1. The number of rotatable bonds is 4. The number of nitrogens with zero attached hydrogens (tertiary/aromatic N) is 2. The van der Waals surface area contributed by atoms with Gasteiger partial charge >= 0.3 is 0 Å². The van der Waals surface area contributed by atoms with E-state index in [2.05, 4.69) is 34.6 Å². The molecule has 0 amide bonds. The summed E-state index contributed by atoms with van der Waals surface area (Å²) < 4.78 is 13.4. The first kappa shape index (κ1) is 14.4. The fourth-order valence-corrected chi connectivity index (χ4v) is 2.59. The van der Waals surface area contributed by atoms with E-state index in [1.165, 1.54) is 29.2 Å². The number of hydrazone groups is 1. The molecule has 3 rings (SSSR count). The molecule has 3 aromatic rings. The third-order valence-electron chi connectivity index (χ3n) is 3.12. The largest absolute Gasteiger partial charge is 0.253 e. The van der Waals surface area contributed by atoms with Crippen LogP contribution < -0.4 is 5.43 Å². The number of halogens is 1. The van der Waals surface area contributed by atoms with Gasteiger partial charge in [0.25, 0.3) is 0 Å². The van der Waals surface area contributed by atoms with Crippen LogP contribution >= 0.6 is 11.3 Å². The molecule has 0 atom stereocenters. The number of hydrogen-bond donors (Lipinski definition) is 1. The van der Waals surface area contributed by atoms with E-state index >= 15 is 0 Å². The van der Waals surface area contributed by atoms with Gasteiger partial charge in [0.2, 0.25) is 5.13 Å². The summed E-state index contributed by atoms with van der Waals surface area (Å²) in [6, 6.07) is 14.7. The van der Waals surface area contributed by atoms with E-state index < -0.39 is 0 Å². The van der Waals surface area contributed by atoms with Gasteiger partial charge in [0.1, 0.15) is 5.82 Å². The molecule has 0 radical (unpaired) electrons.